The van der Waals surface area contributed by atoms with Gasteiger partial charge in [-0.05, 0) is 13.0 Å². The van der Waals surface area contributed by atoms with Gasteiger partial charge in [-0.3, -0.25) is 4.79 Å². The predicted octanol–water partition coefficient (Wildman–Crippen LogP) is -0.760. The maximum Gasteiger partial charge on any atom is 0.264 e. The second-order valence-electron chi connectivity index (χ2n) is 2.88. The first-order valence-electron chi connectivity index (χ1n) is 4.11. The molecule has 1 rings (SSSR count). The average molecular weight is 183 g/mol. The largest absolute Gasteiger partial charge is 0.395 e. The lowest BCUT2D eigenvalue weighted by Crippen LogP contribution is -2.29. The number of nitrogens with one attached hydrogen (secondary N) is 2. The van der Waals surface area contributed by atoms with E-state index >= 15 is 0 Å². The summed E-state index contributed by atoms with van der Waals surface area (Å²) < 4.78 is 0. The van der Waals surface area contributed by atoms with Gasteiger partial charge >= 0.3 is 0 Å². The Balaban J connectivity index is 2.46. The Morgan fingerprint density at radius 2 is 2.46 bits per heavy atom. The van der Waals surface area contributed by atoms with Crippen molar-refractivity contribution in [3.8, 4) is 0 Å². The van der Waals surface area contributed by atoms with E-state index in [0.29, 0.717) is 6.54 Å². The molecule has 13 heavy (non-hydrogen) atoms. The summed E-state index contributed by atoms with van der Waals surface area (Å²) >= 11 is 0. The zero-order valence-corrected chi connectivity index (χ0v) is 7.45. The molecule has 0 radical (unpaired) electrons. The number of aliphatic hydroxyl groups excluding tert-OH is 1. The minimum atomic E-state index is -0.209. The van der Waals surface area contributed by atoms with Crippen molar-refractivity contribution in [2.45, 2.75) is 19.5 Å². The molecule has 5 nitrogen and oxygen atoms in total. The highest BCUT2D eigenvalue weighted by Gasteiger charge is 1.99. The van der Waals surface area contributed by atoms with Crippen molar-refractivity contribution >= 4 is 0 Å². The number of aromatic nitrogens is 2. The molecule has 0 amide bonds. The zero-order valence-electron chi connectivity index (χ0n) is 7.45. The molecule has 1 heterocycles. The van der Waals surface area contributed by atoms with Crippen LogP contribution in [0.3, 0.4) is 0 Å². The minimum Gasteiger partial charge on any atom is -0.395 e. The summed E-state index contributed by atoms with van der Waals surface area (Å²) in [5.41, 5.74) is 0.541. The van der Waals surface area contributed by atoms with Gasteiger partial charge in [-0.25, -0.2) is 5.10 Å². The van der Waals surface area contributed by atoms with Crippen molar-refractivity contribution in [3.05, 3.63) is 28.2 Å². The SMILES string of the molecule is CC(CO)NCc1ccc(=O)[nH]n1. The van der Waals surface area contributed by atoms with E-state index in [2.05, 4.69) is 15.5 Å². The molecule has 5 heteroatoms. The van der Waals surface area contributed by atoms with E-state index in [1.165, 1.54) is 6.07 Å². The molecule has 0 aliphatic carbocycles. The van der Waals surface area contributed by atoms with Gasteiger partial charge in [0.05, 0.1) is 12.3 Å². The third-order valence-corrected chi connectivity index (χ3v) is 1.64. The number of hydrogen-bond acceptors (Lipinski definition) is 4. The zero-order chi connectivity index (χ0) is 9.68. The number of hydrogen-bond donors (Lipinski definition) is 3. The highest BCUT2D eigenvalue weighted by molar-refractivity contribution is 4.98. The van der Waals surface area contributed by atoms with Crippen LogP contribution in [0.1, 0.15) is 12.6 Å². The van der Waals surface area contributed by atoms with E-state index < -0.39 is 0 Å². The van der Waals surface area contributed by atoms with E-state index in [-0.39, 0.29) is 18.2 Å². The van der Waals surface area contributed by atoms with Gasteiger partial charge in [0.1, 0.15) is 0 Å². The first-order valence-corrected chi connectivity index (χ1v) is 4.11. The van der Waals surface area contributed by atoms with E-state index in [4.69, 9.17) is 5.11 Å². The summed E-state index contributed by atoms with van der Waals surface area (Å²) in [6.45, 7) is 2.49. The van der Waals surface area contributed by atoms with E-state index in [1.807, 2.05) is 6.92 Å². The van der Waals surface area contributed by atoms with Crippen molar-refractivity contribution in [1.82, 2.24) is 15.5 Å². The quantitative estimate of drug-likeness (QED) is 0.573. The summed E-state index contributed by atoms with van der Waals surface area (Å²) in [4.78, 5) is 10.6. The molecule has 72 valence electrons. The van der Waals surface area contributed by atoms with Crippen LogP contribution in [0.4, 0.5) is 0 Å². The first-order chi connectivity index (χ1) is 6.22. The molecular formula is C8H13N3O2. The number of nitrogens with zero attached hydrogens (tertiary/aromatic N) is 1. The second kappa shape index (κ2) is 4.74. The standard InChI is InChI=1S/C8H13N3O2/c1-6(5-12)9-4-7-2-3-8(13)11-10-7/h2-3,6,9,12H,4-5H2,1H3,(H,11,13). The number of rotatable bonds is 4. The lowest BCUT2D eigenvalue weighted by Gasteiger charge is -2.08. The molecule has 0 spiro atoms. The molecule has 0 aliphatic rings. The van der Waals surface area contributed by atoms with Gasteiger partial charge in [0.2, 0.25) is 0 Å². The Kier molecular flexibility index (Phi) is 3.60. The van der Waals surface area contributed by atoms with Gasteiger partial charge in [0, 0.05) is 18.7 Å². The number of aromatic amines is 1. The summed E-state index contributed by atoms with van der Waals surface area (Å²) in [7, 11) is 0. The Morgan fingerprint density at radius 1 is 1.69 bits per heavy atom. The normalized spacial score (nSPS) is 12.8. The van der Waals surface area contributed by atoms with E-state index in [9.17, 15) is 4.79 Å². The highest BCUT2D eigenvalue weighted by atomic mass is 16.3. The maximum absolute atomic E-state index is 10.6. The fraction of sp³-hybridized carbons (Fsp3) is 0.500. The predicted molar refractivity (Wildman–Crippen MR) is 48.2 cm³/mol. The van der Waals surface area contributed by atoms with Crippen molar-refractivity contribution in [1.29, 1.82) is 0 Å². The topological polar surface area (TPSA) is 78.0 Å². The van der Waals surface area contributed by atoms with Crippen molar-refractivity contribution in [3.63, 3.8) is 0 Å². The lowest BCUT2D eigenvalue weighted by molar-refractivity contribution is 0.250. The van der Waals surface area contributed by atoms with Crippen molar-refractivity contribution < 1.29 is 5.11 Å². The van der Waals surface area contributed by atoms with Crippen LogP contribution in [0.15, 0.2) is 16.9 Å². The number of aliphatic hydroxyl groups is 1. The van der Waals surface area contributed by atoms with Crippen LogP contribution in [-0.4, -0.2) is 28.0 Å². The molecule has 3 N–H and O–H groups in total. The minimum absolute atomic E-state index is 0.0359. The Morgan fingerprint density at radius 3 is 3.00 bits per heavy atom. The van der Waals surface area contributed by atoms with Crippen molar-refractivity contribution in [2.24, 2.45) is 0 Å². The summed E-state index contributed by atoms with van der Waals surface area (Å²) in [5, 5.41) is 17.9. The van der Waals surface area contributed by atoms with Gasteiger partial charge < -0.3 is 10.4 Å². The summed E-state index contributed by atoms with van der Waals surface area (Å²) in [5.74, 6) is 0. The van der Waals surface area contributed by atoms with Crippen LogP contribution < -0.4 is 10.9 Å². The molecule has 0 fully saturated rings. The molecule has 1 unspecified atom stereocenters. The monoisotopic (exact) mass is 183 g/mol. The van der Waals surface area contributed by atoms with Gasteiger partial charge in [-0.1, -0.05) is 0 Å². The van der Waals surface area contributed by atoms with Crippen LogP contribution >= 0.6 is 0 Å². The van der Waals surface area contributed by atoms with Crippen molar-refractivity contribution in [2.75, 3.05) is 6.61 Å². The van der Waals surface area contributed by atoms with Gasteiger partial charge in [0.15, 0.2) is 0 Å². The molecule has 0 aromatic carbocycles. The third kappa shape index (κ3) is 3.35. The Labute approximate surface area is 75.8 Å². The van der Waals surface area contributed by atoms with Crippen LogP contribution in [-0.2, 0) is 6.54 Å². The lowest BCUT2D eigenvalue weighted by atomic mass is 10.3. The van der Waals surface area contributed by atoms with E-state index in [1.54, 1.807) is 6.07 Å². The van der Waals surface area contributed by atoms with Gasteiger partial charge in [-0.2, -0.15) is 5.10 Å². The molecule has 1 atom stereocenters. The third-order valence-electron chi connectivity index (χ3n) is 1.64. The van der Waals surface area contributed by atoms with E-state index in [0.717, 1.165) is 5.69 Å². The Bertz CT molecular complexity index is 290. The summed E-state index contributed by atoms with van der Waals surface area (Å²) in [6, 6.07) is 3.11. The molecule has 1 aromatic heterocycles. The Hall–Kier alpha value is -1.20. The molecule has 0 saturated heterocycles. The van der Waals surface area contributed by atoms with Gasteiger partial charge in [0.25, 0.3) is 5.56 Å². The van der Waals surface area contributed by atoms with Crippen LogP contribution in [0, 0.1) is 0 Å². The second-order valence-corrected chi connectivity index (χ2v) is 2.88. The van der Waals surface area contributed by atoms with Gasteiger partial charge in [-0.15, -0.1) is 0 Å². The highest BCUT2D eigenvalue weighted by Crippen LogP contribution is 1.88. The fourth-order valence-electron chi connectivity index (χ4n) is 0.815. The van der Waals surface area contributed by atoms with Crippen LogP contribution in [0.25, 0.3) is 0 Å². The first kappa shape index (κ1) is 9.88. The molecule has 0 saturated carbocycles. The van der Waals surface area contributed by atoms with Crippen LogP contribution in [0.2, 0.25) is 0 Å². The molecular weight excluding hydrogens is 170 g/mol. The average Bonchev–Trinajstić information content (AvgIpc) is 2.16. The van der Waals surface area contributed by atoms with Crippen LogP contribution in [0.5, 0.6) is 0 Å². The fourth-order valence-corrected chi connectivity index (χ4v) is 0.815. The maximum atomic E-state index is 10.6. The number of H-pyrrole nitrogens is 1. The molecule has 1 aromatic rings. The molecule has 0 aliphatic heterocycles. The summed E-state index contributed by atoms with van der Waals surface area (Å²) in [6.07, 6.45) is 0. The molecule has 0 bridgehead atoms. The smallest absolute Gasteiger partial charge is 0.264 e.